The van der Waals surface area contributed by atoms with Crippen LogP contribution in [0.4, 0.5) is 5.69 Å². The Morgan fingerprint density at radius 3 is 2.60 bits per heavy atom. The number of benzene rings is 2. The summed E-state index contributed by atoms with van der Waals surface area (Å²) < 4.78 is 2.82. The van der Waals surface area contributed by atoms with Gasteiger partial charge in [0.2, 0.25) is 5.91 Å². The molecule has 3 aromatic rings. The molecule has 6 nitrogen and oxygen atoms in total. The van der Waals surface area contributed by atoms with Crippen LogP contribution in [0.2, 0.25) is 0 Å². The lowest BCUT2D eigenvalue weighted by molar-refractivity contribution is -0.116. The minimum Gasteiger partial charge on any atom is -0.352 e. The molecule has 2 amide bonds. The van der Waals surface area contributed by atoms with Crippen molar-refractivity contribution in [2.24, 2.45) is 0 Å². The van der Waals surface area contributed by atoms with E-state index in [4.69, 9.17) is 0 Å². The Bertz CT molecular complexity index is 1070. The highest BCUT2D eigenvalue weighted by atomic mass is 79.9. The van der Waals surface area contributed by atoms with Crippen LogP contribution in [0, 0.1) is 20.8 Å². The van der Waals surface area contributed by atoms with Gasteiger partial charge in [-0.3, -0.25) is 14.3 Å². The van der Waals surface area contributed by atoms with Gasteiger partial charge in [-0.15, -0.1) is 0 Å². The van der Waals surface area contributed by atoms with Crippen LogP contribution in [0.15, 0.2) is 53.0 Å². The van der Waals surface area contributed by atoms with Gasteiger partial charge in [-0.25, -0.2) is 0 Å². The van der Waals surface area contributed by atoms with Crippen molar-refractivity contribution in [1.82, 2.24) is 15.1 Å². The van der Waals surface area contributed by atoms with Gasteiger partial charge in [0.25, 0.3) is 5.91 Å². The van der Waals surface area contributed by atoms with Crippen LogP contribution in [-0.4, -0.2) is 28.1 Å². The van der Waals surface area contributed by atoms with E-state index in [1.54, 1.807) is 6.07 Å². The zero-order chi connectivity index (χ0) is 21.7. The van der Waals surface area contributed by atoms with Crippen LogP contribution >= 0.6 is 15.9 Å². The number of carbonyl (C=O) groups is 2. The highest BCUT2D eigenvalue weighted by molar-refractivity contribution is 9.10. The molecule has 0 saturated carbocycles. The van der Waals surface area contributed by atoms with Crippen LogP contribution in [0.25, 0.3) is 0 Å². The van der Waals surface area contributed by atoms with E-state index < -0.39 is 0 Å². The average Bonchev–Trinajstić information content (AvgIpc) is 3.01. The number of aromatic nitrogens is 2. The van der Waals surface area contributed by atoms with Crippen LogP contribution in [0.5, 0.6) is 0 Å². The van der Waals surface area contributed by atoms with Crippen molar-refractivity contribution in [2.45, 2.75) is 33.7 Å². The van der Waals surface area contributed by atoms with Crippen molar-refractivity contribution >= 4 is 33.4 Å². The molecular weight excluding hydrogens is 444 g/mol. The molecule has 0 aliphatic rings. The SMILES string of the molecule is Cc1cc(C)n(Cc2cccc(C(=O)NCCC(=O)Nc3cc(Br)ccc3C)c2)n1. The molecule has 0 atom stereocenters. The molecule has 0 saturated heterocycles. The van der Waals surface area contributed by atoms with Crippen molar-refractivity contribution in [1.29, 1.82) is 0 Å². The van der Waals surface area contributed by atoms with Crippen molar-refractivity contribution in [2.75, 3.05) is 11.9 Å². The van der Waals surface area contributed by atoms with Crippen molar-refractivity contribution in [3.05, 3.63) is 81.1 Å². The first-order valence-electron chi connectivity index (χ1n) is 9.76. The third-order valence-corrected chi connectivity index (χ3v) is 5.23. The Labute approximate surface area is 184 Å². The van der Waals surface area contributed by atoms with Gasteiger partial charge in [-0.1, -0.05) is 34.1 Å². The number of halogens is 1. The molecule has 0 bridgehead atoms. The topological polar surface area (TPSA) is 76.0 Å². The fourth-order valence-corrected chi connectivity index (χ4v) is 3.51. The molecular formula is C23H25BrN4O2. The van der Waals surface area contributed by atoms with Gasteiger partial charge in [-0.05, 0) is 62.2 Å². The summed E-state index contributed by atoms with van der Waals surface area (Å²) in [5, 5.41) is 10.2. The van der Waals surface area contributed by atoms with E-state index in [9.17, 15) is 9.59 Å². The Morgan fingerprint density at radius 1 is 1.07 bits per heavy atom. The lowest BCUT2D eigenvalue weighted by Crippen LogP contribution is -2.27. The van der Waals surface area contributed by atoms with E-state index in [-0.39, 0.29) is 24.8 Å². The smallest absolute Gasteiger partial charge is 0.251 e. The second kappa shape index (κ2) is 9.71. The fraction of sp³-hybridized carbons (Fsp3) is 0.261. The number of aryl methyl sites for hydroxylation is 3. The molecule has 0 fully saturated rings. The molecule has 2 aromatic carbocycles. The van der Waals surface area contributed by atoms with Crippen LogP contribution in [0.1, 0.15) is 39.3 Å². The molecule has 1 aromatic heterocycles. The summed E-state index contributed by atoms with van der Waals surface area (Å²) in [6, 6.07) is 15.2. The maximum Gasteiger partial charge on any atom is 0.251 e. The zero-order valence-corrected chi connectivity index (χ0v) is 18.9. The molecule has 0 radical (unpaired) electrons. The van der Waals surface area contributed by atoms with E-state index in [0.717, 1.165) is 32.7 Å². The molecule has 0 aliphatic heterocycles. The second-order valence-electron chi connectivity index (χ2n) is 7.30. The lowest BCUT2D eigenvalue weighted by Gasteiger charge is -2.10. The number of rotatable bonds is 7. The molecule has 1 heterocycles. The van der Waals surface area contributed by atoms with Gasteiger partial charge in [-0.2, -0.15) is 5.10 Å². The zero-order valence-electron chi connectivity index (χ0n) is 17.3. The van der Waals surface area contributed by atoms with Gasteiger partial charge in [0.05, 0.1) is 12.2 Å². The number of nitrogens with one attached hydrogen (secondary N) is 2. The summed E-state index contributed by atoms with van der Waals surface area (Å²) in [6.45, 7) is 6.77. The predicted octanol–water partition coefficient (Wildman–Crippen LogP) is 4.38. The average molecular weight is 469 g/mol. The van der Waals surface area contributed by atoms with Crippen LogP contribution in [-0.2, 0) is 11.3 Å². The minimum atomic E-state index is -0.198. The fourth-order valence-electron chi connectivity index (χ4n) is 3.15. The third-order valence-electron chi connectivity index (χ3n) is 4.74. The monoisotopic (exact) mass is 468 g/mol. The Hall–Kier alpha value is -2.93. The number of nitrogens with zero attached hydrogens (tertiary/aromatic N) is 2. The molecule has 3 rings (SSSR count). The highest BCUT2D eigenvalue weighted by Gasteiger charge is 2.10. The number of hydrogen-bond acceptors (Lipinski definition) is 3. The Morgan fingerprint density at radius 2 is 1.87 bits per heavy atom. The molecule has 0 unspecified atom stereocenters. The minimum absolute atomic E-state index is 0.144. The quantitative estimate of drug-likeness (QED) is 0.540. The van der Waals surface area contributed by atoms with Crippen LogP contribution in [0.3, 0.4) is 0 Å². The Kier molecular flexibility index (Phi) is 7.05. The first kappa shape index (κ1) is 21.8. The highest BCUT2D eigenvalue weighted by Crippen LogP contribution is 2.20. The molecule has 0 aliphatic carbocycles. The van der Waals surface area contributed by atoms with E-state index in [1.165, 1.54) is 0 Å². The molecule has 7 heteroatoms. The Balaban J connectivity index is 1.53. The molecule has 30 heavy (non-hydrogen) atoms. The first-order chi connectivity index (χ1) is 14.3. The maximum atomic E-state index is 12.5. The first-order valence-corrected chi connectivity index (χ1v) is 10.6. The summed E-state index contributed by atoms with van der Waals surface area (Å²) in [6.07, 6.45) is 0.198. The van der Waals surface area contributed by atoms with Crippen molar-refractivity contribution in [3.8, 4) is 0 Å². The largest absolute Gasteiger partial charge is 0.352 e. The molecule has 0 spiro atoms. The number of carbonyl (C=O) groups excluding carboxylic acids is 2. The lowest BCUT2D eigenvalue weighted by atomic mass is 10.1. The van der Waals surface area contributed by atoms with Crippen molar-refractivity contribution in [3.63, 3.8) is 0 Å². The number of hydrogen-bond donors (Lipinski definition) is 2. The maximum absolute atomic E-state index is 12.5. The van der Waals surface area contributed by atoms with Crippen LogP contribution < -0.4 is 10.6 Å². The normalized spacial score (nSPS) is 10.7. The molecule has 156 valence electrons. The third kappa shape index (κ3) is 5.79. The number of anilines is 1. The van der Waals surface area contributed by atoms with Gasteiger partial charge in [0, 0.05) is 34.4 Å². The predicted molar refractivity (Wildman–Crippen MR) is 122 cm³/mol. The summed E-state index contributed by atoms with van der Waals surface area (Å²) in [5.41, 5.74) is 5.35. The second-order valence-corrected chi connectivity index (χ2v) is 8.21. The molecule has 2 N–H and O–H groups in total. The van der Waals surface area contributed by atoms with E-state index in [0.29, 0.717) is 12.1 Å². The van der Waals surface area contributed by atoms with Gasteiger partial charge >= 0.3 is 0 Å². The van der Waals surface area contributed by atoms with Crippen molar-refractivity contribution < 1.29 is 9.59 Å². The van der Waals surface area contributed by atoms with Gasteiger partial charge in [0.15, 0.2) is 0 Å². The summed E-state index contributed by atoms with van der Waals surface area (Å²) in [7, 11) is 0. The van der Waals surface area contributed by atoms with E-state index in [2.05, 4.69) is 31.7 Å². The van der Waals surface area contributed by atoms with E-state index >= 15 is 0 Å². The summed E-state index contributed by atoms with van der Waals surface area (Å²) >= 11 is 3.40. The number of amides is 2. The summed E-state index contributed by atoms with van der Waals surface area (Å²) in [5.74, 6) is -0.341. The van der Waals surface area contributed by atoms with Gasteiger partial charge < -0.3 is 10.6 Å². The summed E-state index contributed by atoms with van der Waals surface area (Å²) in [4.78, 5) is 24.7. The van der Waals surface area contributed by atoms with E-state index in [1.807, 2.05) is 67.9 Å². The standard InChI is InChI=1S/C23H25BrN4O2/c1-15-7-8-20(24)13-21(15)26-22(29)9-10-25-23(30)19-6-4-5-18(12-19)14-28-17(3)11-16(2)27-28/h4-8,11-13H,9-10,14H2,1-3H3,(H,25,30)(H,26,29). The van der Waals surface area contributed by atoms with Gasteiger partial charge in [0.1, 0.15) is 0 Å².